The molecule has 2 rings (SSSR count). The predicted octanol–water partition coefficient (Wildman–Crippen LogP) is 2.63. The van der Waals surface area contributed by atoms with Gasteiger partial charge < -0.3 is 10.6 Å². The summed E-state index contributed by atoms with van der Waals surface area (Å²) in [4.78, 5) is 7.67. The van der Waals surface area contributed by atoms with Gasteiger partial charge in [0, 0.05) is 17.1 Å². The highest BCUT2D eigenvalue weighted by Gasteiger charge is 2.18. The Balaban J connectivity index is 1.77. The molecule has 2 heterocycles. The summed E-state index contributed by atoms with van der Waals surface area (Å²) in [5.41, 5.74) is 6.67. The zero-order valence-corrected chi connectivity index (χ0v) is 11.2. The van der Waals surface area contributed by atoms with Gasteiger partial charge in [0.2, 0.25) is 0 Å². The molecule has 0 aromatic carbocycles. The first kappa shape index (κ1) is 12.7. The Hall–Kier alpha value is -0.740. The molecule has 1 unspecified atom stereocenters. The van der Waals surface area contributed by atoms with Crippen molar-refractivity contribution >= 4 is 17.4 Å². The topological polar surface area (TPSA) is 42.2 Å². The van der Waals surface area contributed by atoms with Crippen molar-refractivity contribution in [2.75, 3.05) is 25.1 Å². The van der Waals surface area contributed by atoms with E-state index in [1.165, 1.54) is 37.1 Å². The lowest BCUT2D eigenvalue weighted by Crippen LogP contribution is -2.36. The summed E-state index contributed by atoms with van der Waals surface area (Å²) in [5.74, 6) is 1.14. The minimum absolute atomic E-state index is 0.763. The monoisotopic (exact) mass is 251 g/mol. The van der Waals surface area contributed by atoms with E-state index in [4.69, 9.17) is 5.73 Å². The van der Waals surface area contributed by atoms with Crippen LogP contribution in [0.1, 0.15) is 25.7 Å². The van der Waals surface area contributed by atoms with E-state index in [1.807, 2.05) is 24.0 Å². The molecule has 0 bridgehead atoms. The van der Waals surface area contributed by atoms with Gasteiger partial charge in [-0.15, -0.1) is 11.8 Å². The Morgan fingerprint density at radius 1 is 1.53 bits per heavy atom. The Bertz CT molecular complexity index is 356. The van der Waals surface area contributed by atoms with Crippen molar-refractivity contribution in [1.82, 2.24) is 9.88 Å². The van der Waals surface area contributed by atoms with Crippen LogP contribution in [0.3, 0.4) is 0 Å². The molecule has 1 aliphatic heterocycles. The summed E-state index contributed by atoms with van der Waals surface area (Å²) in [7, 11) is 2.25. The number of rotatable bonds is 4. The van der Waals surface area contributed by atoms with Crippen LogP contribution in [0, 0.1) is 0 Å². The molecule has 2 N–H and O–H groups in total. The lowest BCUT2D eigenvalue weighted by molar-refractivity contribution is 0.182. The minimum Gasteiger partial charge on any atom is -0.397 e. The molecule has 94 valence electrons. The second kappa shape index (κ2) is 6.26. The maximum atomic E-state index is 5.87. The van der Waals surface area contributed by atoms with Crippen LogP contribution in [0.4, 0.5) is 5.69 Å². The highest BCUT2D eigenvalue weighted by Crippen LogP contribution is 2.26. The lowest BCUT2D eigenvalue weighted by atomic mass is 10.0. The van der Waals surface area contributed by atoms with E-state index in [0.29, 0.717) is 0 Å². The van der Waals surface area contributed by atoms with Gasteiger partial charge in [-0.05, 0) is 44.7 Å². The minimum atomic E-state index is 0.763. The molecule has 0 radical (unpaired) electrons. The summed E-state index contributed by atoms with van der Waals surface area (Å²) in [6.45, 7) is 1.26. The fourth-order valence-corrected chi connectivity index (χ4v) is 3.33. The lowest BCUT2D eigenvalue weighted by Gasteiger charge is -2.32. The molecule has 1 atom stereocenters. The molecule has 1 aliphatic rings. The van der Waals surface area contributed by atoms with E-state index in [-0.39, 0.29) is 0 Å². The summed E-state index contributed by atoms with van der Waals surface area (Å²) < 4.78 is 0. The summed E-state index contributed by atoms with van der Waals surface area (Å²) in [6, 6.07) is 2.77. The zero-order valence-electron chi connectivity index (χ0n) is 10.4. The third kappa shape index (κ3) is 3.61. The van der Waals surface area contributed by atoms with Crippen LogP contribution in [0.15, 0.2) is 23.4 Å². The number of likely N-dealkylation sites (tertiary alicyclic amines) is 1. The Morgan fingerprint density at radius 3 is 3.18 bits per heavy atom. The Kier molecular flexibility index (Phi) is 4.68. The highest BCUT2D eigenvalue weighted by molar-refractivity contribution is 7.99. The van der Waals surface area contributed by atoms with Crippen molar-refractivity contribution in [3.8, 4) is 0 Å². The molecule has 1 aromatic rings. The fraction of sp³-hybridized carbons (Fsp3) is 0.615. The second-order valence-electron chi connectivity index (χ2n) is 4.68. The summed E-state index contributed by atoms with van der Waals surface area (Å²) >= 11 is 1.85. The van der Waals surface area contributed by atoms with E-state index in [1.54, 1.807) is 6.20 Å². The molecule has 3 nitrogen and oxygen atoms in total. The third-order valence-electron chi connectivity index (χ3n) is 3.44. The number of aromatic nitrogens is 1. The molecule has 1 fully saturated rings. The number of pyridine rings is 1. The number of nitrogens with two attached hydrogens (primary N) is 1. The number of nitrogens with zero attached hydrogens (tertiary/aromatic N) is 2. The van der Waals surface area contributed by atoms with Crippen molar-refractivity contribution in [2.45, 2.75) is 36.6 Å². The quantitative estimate of drug-likeness (QED) is 0.835. The van der Waals surface area contributed by atoms with Crippen LogP contribution in [-0.4, -0.2) is 35.3 Å². The number of hydrogen-bond donors (Lipinski definition) is 1. The number of anilines is 1. The molecule has 0 amide bonds. The van der Waals surface area contributed by atoms with Crippen molar-refractivity contribution in [3.05, 3.63) is 18.5 Å². The third-order valence-corrected chi connectivity index (χ3v) is 4.56. The van der Waals surface area contributed by atoms with Crippen molar-refractivity contribution in [1.29, 1.82) is 0 Å². The maximum absolute atomic E-state index is 5.87. The smallest absolute Gasteiger partial charge is 0.0638 e. The Labute approximate surface area is 108 Å². The molecular formula is C13H21N3S. The second-order valence-corrected chi connectivity index (χ2v) is 5.82. The number of nitrogen functional groups attached to an aromatic ring is 1. The van der Waals surface area contributed by atoms with E-state index < -0.39 is 0 Å². The van der Waals surface area contributed by atoms with Crippen LogP contribution in [0.2, 0.25) is 0 Å². The van der Waals surface area contributed by atoms with Gasteiger partial charge in [0.15, 0.2) is 0 Å². The predicted molar refractivity (Wildman–Crippen MR) is 74.3 cm³/mol. The first-order valence-corrected chi connectivity index (χ1v) is 7.28. The van der Waals surface area contributed by atoms with Crippen molar-refractivity contribution in [2.24, 2.45) is 0 Å². The van der Waals surface area contributed by atoms with Gasteiger partial charge in [0.1, 0.15) is 0 Å². The van der Waals surface area contributed by atoms with Gasteiger partial charge in [-0.2, -0.15) is 0 Å². The van der Waals surface area contributed by atoms with E-state index in [0.717, 1.165) is 17.5 Å². The molecule has 1 saturated heterocycles. The molecular weight excluding hydrogens is 230 g/mol. The van der Waals surface area contributed by atoms with Gasteiger partial charge >= 0.3 is 0 Å². The van der Waals surface area contributed by atoms with Crippen LogP contribution >= 0.6 is 11.8 Å². The van der Waals surface area contributed by atoms with E-state index in [9.17, 15) is 0 Å². The van der Waals surface area contributed by atoms with Gasteiger partial charge in [-0.25, -0.2) is 0 Å². The first-order valence-electron chi connectivity index (χ1n) is 6.30. The molecule has 0 saturated carbocycles. The van der Waals surface area contributed by atoms with E-state index in [2.05, 4.69) is 16.9 Å². The highest BCUT2D eigenvalue weighted by atomic mass is 32.2. The van der Waals surface area contributed by atoms with Gasteiger partial charge in [0.05, 0.1) is 11.9 Å². The largest absolute Gasteiger partial charge is 0.397 e. The standard InChI is InChI=1S/C13H21N3S/c1-16-8-3-2-4-11(16)6-9-17-13-5-7-15-10-12(13)14/h5,7,10-11H,2-4,6,8-9,14H2,1H3. The summed E-state index contributed by atoms with van der Waals surface area (Å²) in [5, 5.41) is 0. The number of thioether (sulfide) groups is 1. The molecule has 1 aromatic heterocycles. The molecule has 0 spiro atoms. The summed E-state index contributed by atoms with van der Waals surface area (Å²) in [6.07, 6.45) is 8.89. The van der Waals surface area contributed by atoms with E-state index >= 15 is 0 Å². The average Bonchev–Trinajstić information content (AvgIpc) is 2.34. The normalized spacial score (nSPS) is 21.6. The van der Waals surface area contributed by atoms with Gasteiger partial charge in [-0.1, -0.05) is 6.42 Å². The first-order chi connectivity index (χ1) is 8.27. The maximum Gasteiger partial charge on any atom is 0.0638 e. The average molecular weight is 251 g/mol. The number of hydrogen-bond acceptors (Lipinski definition) is 4. The molecule has 17 heavy (non-hydrogen) atoms. The van der Waals surface area contributed by atoms with Crippen LogP contribution in [0.5, 0.6) is 0 Å². The number of piperidine rings is 1. The zero-order chi connectivity index (χ0) is 12.1. The Morgan fingerprint density at radius 2 is 2.41 bits per heavy atom. The van der Waals surface area contributed by atoms with Crippen molar-refractivity contribution < 1.29 is 0 Å². The van der Waals surface area contributed by atoms with Crippen LogP contribution in [0.25, 0.3) is 0 Å². The van der Waals surface area contributed by atoms with Crippen LogP contribution < -0.4 is 5.73 Å². The molecule has 0 aliphatic carbocycles. The van der Waals surface area contributed by atoms with Crippen LogP contribution in [-0.2, 0) is 0 Å². The molecule has 4 heteroatoms. The van der Waals surface area contributed by atoms with Gasteiger partial charge in [0.25, 0.3) is 0 Å². The fourth-order valence-electron chi connectivity index (χ4n) is 2.34. The SMILES string of the molecule is CN1CCCCC1CCSc1ccncc1N. The van der Waals surface area contributed by atoms with Gasteiger partial charge in [-0.3, -0.25) is 4.98 Å². The van der Waals surface area contributed by atoms with Crippen molar-refractivity contribution in [3.63, 3.8) is 0 Å².